The zero-order chi connectivity index (χ0) is 13.7. The molecule has 1 unspecified atom stereocenters. The summed E-state index contributed by atoms with van der Waals surface area (Å²) in [5.74, 6) is 0.749. The van der Waals surface area contributed by atoms with E-state index in [-0.39, 0.29) is 12.6 Å². The summed E-state index contributed by atoms with van der Waals surface area (Å²) in [7, 11) is 0. The highest BCUT2D eigenvalue weighted by molar-refractivity contribution is 7.10. The van der Waals surface area contributed by atoms with Crippen molar-refractivity contribution in [3.63, 3.8) is 0 Å². The average molecular weight is 277 g/mol. The molecule has 2 rings (SSSR count). The number of thiophene rings is 1. The Kier molecular flexibility index (Phi) is 4.82. The van der Waals surface area contributed by atoms with Crippen LogP contribution >= 0.6 is 11.3 Å². The van der Waals surface area contributed by atoms with Gasteiger partial charge >= 0.3 is 0 Å². The minimum Gasteiger partial charge on any atom is -0.494 e. The van der Waals surface area contributed by atoms with Crippen LogP contribution in [0.4, 0.5) is 5.69 Å². The largest absolute Gasteiger partial charge is 0.494 e. The molecule has 0 amide bonds. The number of hydrogen-bond donors (Lipinski definition) is 2. The summed E-state index contributed by atoms with van der Waals surface area (Å²) in [5, 5.41) is 14.9. The van der Waals surface area contributed by atoms with Crippen LogP contribution in [0.1, 0.15) is 30.3 Å². The Hall–Kier alpha value is -1.52. The van der Waals surface area contributed by atoms with Crippen molar-refractivity contribution in [2.75, 3.05) is 11.9 Å². The summed E-state index contributed by atoms with van der Waals surface area (Å²) in [6.07, 6.45) is 0. The summed E-state index contributed by atoms with van der Waals surface area (Å²) in [6, 6.07) is 10.2. The summed E-state index contributed by atoms with van der Waals surface area (Å²) in [4.78, 5) is 1.29. The molecule has 4 heteroatoms. The molecule has 0 aliphatic carbocycles. The molecule has 1 heterocycles. The molecule has 0 fully saturated rings. The van der Waals surface area contributed by atoms with Gasteiger partial charge in [0.1, 0.15) is 5.75 Å². The van der Waals surface area contributed by atoms with Gasteiger partial charge in [-0.3, -0.25) is 0 Å². The number of aliphatic hydroxyl groups is 1. The van der Waals surface area contributed by atoms with Gasteiger partial charge in [-0.15, -0.1) is 11.3 Å². The van der Waals surface area contributed by atoms with Gasteiger partial charge in [0.05, 0.1) is 19.3 Å². The van der Waals surface area contributed by atoms with Crippen molar-refractivity contribution in [3.05, 3.63) is 46.2 Å². The highest BCUT2D eigenvalue weighted by atomic mass is 32.1. The van der Waals surface area contributed by atoms with Crippen LogP contribution in [0, 0.1) is 0 Å². The Morgan fingerprint density at radius 2 is 2.21 bits per heavy atom. The molecular formula is C15H19NO2S. The zero-order valence-corrected chi connectivity index (χ0v) is 12.0. The Balaban J connectivity index is 2.12. The lowest BCUT2D eigenvalue weighted by Crippen LogP contribution is -2.06. The number of ether oxygens (including phenoxy) is 1. The standard InChI is InChI=1S/C15H19NO2S/c1-3-18-14-7-6-13(9-12(14)10-17)16-11(2)15-5-4-8-19-15/h4-9,11,16-17H,3,10H2,1-2H3. The summed E-state index contributed by atoms with van der Waals surface area (Å²) >= 11 is 1.73. The van der Waals surface area contributed by atoms with Gasteiger partial charge in [-0.1, -0.05) is 6.07 Å². The lowest BCUT2D eigenvalue weighted by Gasteiger charge is -2.16. The van der Waals surface area contributed by atoms with E-state index in [4.69, 9.17) is 4.74 Å². The van der Waals surface area contributed by atoms with E-state index < -0.39 is 0 Å². The van der Waals surface area contributed by atoms with Crippen LogP contribution in [0.15, 0.2) is 35.7 Å². The van der Waals surface area contributed by atoms with E-state index in [9.17, 15) is 5.11 Å². The van der Waals surface area contributed by atoms with Crippen molar-refractivity contribution in [3.8, 4) is 5.75 Å². The molecule has 19 heavy (non-hydrogen) atoms. The maximum absolute atomic E-state index is 9.38. The molecule has 1 aromatic heterocycles. The molecule has 0 spiro atoms. The Morgan fingerprint density at radius 1 is 1.37 bits per heavy atom. The van der Waals surface area contributed by atoms with E-state index in [1.807, 2.05) is 25.1 Å². The summed E-state index contributed by atoms with van der Waals surface area (Å²) < 4.78 is 5.47. The lowest BCUT2D eigenvalue weighted by atomic mass is 10.1. The first-order valence-electron chi connectivity index (χ1n) is 6.41. The number of benzene rings is 1. The Bertz CT molecular complexity index is 511. The molecule has 1 aromatic carbocycles. The third-order valence-electron chi connectivity index (χ3n) is 2.88. The van der Waals surface area contributed by atoms with Crippen LogP contribution in [0.2, 0.25) is 0 Å². The van der Waals surface area contributed by atoms with Gasteiger partial charge in [0.25, 0.3) is 0 Å². The predicted octanol–water partition coefficient (Wildman–Crippen LogP) is 3.81. The fraction of sp³-hybridized carbons (Fsp3) is 0.333. The van der Waals surface area contributed by atoms with Gasteiger partial charge < -0.3 is 15.2 Å². The quantitative estimate of drug-likeness (QED) is 0.843. The van der Waals surface area contributed by atoms with Crippen LogP contribution in [0.5, 0.6) is 5.75 Å². The lowest BCUT2D eigenvalue weighted by molar-refractivity contribution is 0.267. The SMILES string of the molecule is CCOc1ccc(NC(C)c2cccs2)cc1CO. The molecule has 0 radical (unpaired) electrons. The van der Waals surface area contributed by atoms with E-state index in [0.29, 0.717) is 6.61 Å². The van der Waals surface area contributed by atoms with Crippen molar-refractivity contribution >= 4 is 17.0 Å². The number of aliphatic hydroxyl groups excluding tert-OH is 1. The monoisotopic (exact) mass is 277 g/mol. The molecule has 2 N–H and O–H groups in total. The molecule has 0 aliphatic heterocycles. The topological polar surface area (TPSA) is 41.5 Å². The van der Waals surface area contributed by atoms with E-state index in [1.54, 1.807) is 11.3 Å². The maximum atomic E-state index is 9.38. The smallest absolute Gasteiger partial charge is 0.124 e. The fourth-order valence-corrected chi connectivity index (χ4v) is 2.68. The molecular weight excluding hydrogens is 258 g/mol. The first kappa shape index (κ1) is 13.9. The second kappa shape index (κ2) is 6.59. The molecule has 2 aromatic rings. The molecule has 3 nitrogen and oxygen atoms in total. The van der Waals surface area contributed by atoms with Crippen molar-refractivity contribution in [1.82, 2.24) is 0 Å². The maximum Gasteiger partial charge on any atom is 0.124 e. The van der Waals surface area contributed by atoms with Crippen molar-refractivity contribution in [2.45, 2.75) is 26.5 Å². The minimum atomic E-state index is -0.0156. The summed E-state index contributed by atoms with van der Waals surface area (Å²) in [6.45, 7) is 4.65. The molecule has 102 valence electrons. The number of anilines is 1. The van der Waals surface area contributed by atoms with Crippen LogP contribution in [0.25, 0.3) is 0 Å². The van der Waals surface area contributed by atoms with Crippen LogP contribution in [-0.2, 0) is 6.61 Å². The van der Waals surface area contributed by atoms with Crippen molar-refractivity contribution in [1.29, 1.82) is 0 Å². The Morgan fingerprint density at radius 3 is 2.84 bits per heavy atom. The van der Waals surface area contributed by atoms with Gasteiger partial charge in [0.2, 0.25) is 0 Å². The minimum absolute atomic E-state index is 0.0156. The zero-order valence-electron chi connectivity index (χ0n) is 11.2. The fourth-order valence-electron chi connectivity index (χ4n) is 1.95. The average Bonchev–Trinajstić information content (AvgIpc) is 2.94. The van der Waals surface area contributed by atoms with E-state index in [2.05, 4.69) is 29.8 Å². The van der Waals surface area contributed by atoms with Gasteiger partial charge in [-0.05, 0) is 43.5 Å². The van der Waals surface area contributed by atoms with Crippen LogP contribution in [-0.4, -0.2) is 11.7 Å². The van der Waals surface area contributed by atoms with Crippen LogP contribution in [0.3, 0.4) is 0 Å². The highest BCUT2D eigenvalue weighted by Gasteiger charge is 2.08. The van der Waals surface area contributed by atoms with Crippen LogP contribution < -0.4 is 10.1 Å². The van der Waals surface area contributed by atoms with E-state index in [1.165, 1.54) is 4.88 Å². The van der Waals surface area contributed by atoms with Gasteiger partial charge in [0.15, 0.2) is 0 Å². The highest BCUT2D eigenvalue weighted by Crippen LogP contribution is 2.27. The third kappa shape index (κ3) is 3.49. The number of hydrogen-bond acceptors (Lipinski definition) is 4. The third-order valence-corrected chi connectivity index (χ3v) is 3.94. The molecule has 1 atom stereocenters. The Labute approximate surface area is 117 Å². The predicted molar refractivity (Wildman–Crippen MR) is 79.9 cm³/mol. The second-order valence-electron chi connectivity index (χ2n) is 4.30. The van der Waals surface area contributed by atoms with E-state index >= 15 is 0 Å². The van der Waals surface area contributed by atoms with Crippen molar-refractivity contribution < 1.29 is 9.84 Å². The molecule has 0 aliphatic rings. The number of nitrogens with one attached hydrogen (secondary N) is 1. The normalized spacial score (nSPS) is 12.2. The first-order chi connectivity index (χ1) is 9.24. The first-order valence-corrected chi connectivity index (χ1v) is 7.29. The van der Waals surface area contributed by atoms with Crippen molar-refractivity contribution in [2.24, 2.45) is 0 Å². The molecule has 0 saturated heterocycles. The van der Waals surface area contributed by atoms with E-state index in [0.717, 1.165) is 17.0 Å². The second-order valence-corrected chi connectivity index (χ2v) is 5.27. The van der Waals surface area contributed by atoms with Gasteiger partial charge in [0, 0.05) is 16.1 Å². The van der Waals surface area contributed by atoms with Gasteiger partial charge in [-0.25, -0.2) is 0 Å². The number of rotatable bonds is 6. The molecule has 0 bridgehead atoms. The summed E-state index contributed by atoms with van der Waals surface area (Å²) in [5.41, 5.74) is 1.80. The van der Waals surface area contributed by atoms with Gasteiger partial charge in [-0.2, -0.15) is 0 Å². The molecule has 0 saturated carbocycles.